The Morgan fingerprint density at radius 2 is 1.88 bits per heavy atom. The van der Waals surface area contributed by atoms with E-state index in [1.165, 1.54) is 0 Å². The molecule has 0 radical (unpaired) electrons. The number of hydrogen-bond acceptors (Lipinski definition) is 3. The van der Waals surface area contributed by atoms with Crippen molar-refractivity contribution in [1.29, 1.82) is 0 Å². The van der Waals surface area contributed by atoms with Crippen molar-refractivity contribution < 1.29 is 18.3 Å². The minimum Gasteiger partial charge on any atom is -0.392 e. The molecule has 1 aliphatic heterocycles. The van der Waals surface area contributed by atoms with Crippen LogP contribution in [0.25, 0.3) is 0 Å². The highest BCUT2D eigenvalue weighted by Crippen LogP contribution is 2.33. The summed E-state index contributed by atoms with van der Waals surface area (Å²) in [6.45, 7) is 1.75. The molecule has 6 heteroatoms. The molecule has 0 amide bonds. The van der Waals surface area contributed by atoms with E-state index in [1.54, 1.807) is 0 Å². The van der Waals surface area contributed by atoms with Crippen molar-refractivity contribution >= 4 is 0 Å². The van der Waals surface area contributed by atoms with Gasteiger partial charge in [-0.3, -0.25) is 0 Å². The predicted molar refractivity (Wildman–Crippen MR) is 54.9 cm³/mol. The first-order valence-electron chi connectivity index (χ1n) is 5.60. The standard InChI is InChI=1S/C10H19F3N2O/c11-10(12,13)8-1-4-15(5-2-8)6-3-9(16)7-14/h8-9,16H,1-7,14H2. The summed E-state index contributed by atoms with van der Waals surface area (Å²) in [5, 5.41) is 9.24. The maximum atomic E-state index is 12.4. The van der Waals surface area contributed by atoms with Crippen LogP contribution < -0.4 is 5.73 Å². The largest absolute Gasteiger partial charge is 0.392 e. The Hall–Kier alpha value is -0.330. The molecule has 16 heavy (non-hydrogen) atoms. The molecule has 96 valence electrons. The monoisotopic (exact) mass is 240 g/mol. The molecule has 1 fully saturated rings. The van der Waals surface area contributed by atoms with Gasteiger partial charge in [0.2, 0.25) is 0 Å². The van der Waals surface area contributed by atoms with Gasteiger partial charge in [0.15, 0.2) is 0 Å². The number of hydrogen-bond donors (Lipinski definition) is 2. The highest BCUT2D eigenvalue weighted by molar-refractivity contribution is 4.77. The molecule has 3 nitrogen and oxygen atoms in total. The van der Waals surface area contributed by atoms with E-state index in [9.17, 15) is 18.3 Å². The van der Waals surface area contributed by atoms with Gasteiger partial charge < -0.3 is 15.7 Å². The zero-order valence-electron chi connectivity index (χ0n) is 9.21. The Morgan fingerprint density at radius 1 is 1.31 bits per heavy atom. The second-order valence-electron chi connectivity index (χ2n) is 4.34. The van der Waals surface area contributed by atoms with E-state index >= 15 is 0 Å². The third-order valence-corrected chi connectivity index (χ3v) is 3.10. The van der Waals surface area contributed by atoms with Crippen LogP contribution in [0.5, 0.6) is 0 Å². The SMILES string of the molecule is NCC(O)CCN1CCC(C(F)(F)F)CC1. The van der Waals surface area contributed by atoms with Gasteiger partial charge in [-0.05, 0) is 32.4 Å². The van der Waals surface area contributed by atoms with Crippen molar-refractivity contribution in [3.63, 3.8) is 0 Å². The first kappa shape index (κ1) is 13.7. The Balaban J connectivity index is 2.22. The molecule has 1 rings (SSSR count). The van der Waals surface area contributed by atoms with Crippen molar-refractivity contribution in [2.45, 2.75) is 31.5 Å². The zero-order chi connectivity index (χ0) is 12.2. The maximum Gasteiger partial charge on any atom is 0.391 e. The van der Waals surface area contributed by atoms with Crippen LogP contribution >= 0.6 is 0 Å². The number of nitrogens with zero attached hydrogens (tertiary/aromatic N) is 1. The van der Waals surface area contributed by atoms with Gasteiger partial charge in [0.05, 0.1) is 12.0 Å². The Morgan fingerprint density at radius 3 is 2.31 bits per heavy atom. The third-order valence-electron chi connectivity index (χ3n) is 3.10. The maximum absolute atomic E-state index is 12.4. The van der Waals surface area contributed by atoms with Crippen LogP contribution in [-0.4, -0.2) is 48.5 Å². The molecule has 3 N–H and O–H groups in total. The molecule has 1 saturated heterocycles. The lowest BCUT2D eigenvalue weighted by molar-refractivity contribution is -0.185. The van der Waals surface area contributed by atoms with Gasteiger partial charge in [0, 0.05) is 13.1 Å². The molecule has 0 saturated carbocycles. The van der Waals surface area contributed by atoms with Crippen molar-refractivity contribution in [2.24, 2.45) is 11.7 Å². The number of rotatable bonds is 4. The van der Waals surface area contributed by atoms with Crippen molar-refractivity contribution in [3.8, 4) is 0 Å². The van der Waals surface area contributed by atoms with E-state index in [-0.39, 0.29) is 19.4 Å². The fourth-order valence-electron chi connectivity index (χ4n) is 1.93. The van der Waals surface area contributed by atoms with E-state index in [1.807, 2.05) is 4.90 Å². The lowest BCUT2D eigenvalue weighted by atomic mass is 9.96. The third kappa shape index (κ3) is 4.27. The summed E-state index contributed by atoms with van der Waals surface area (Å²) < 4.78 is 37.1. The summed E-state index contributed by atoms with van der Waals surface area (Å²) in [6.07, 6.45) is -3.72. The Labute approximate surface area is 93.4 Å². The molecule has 0 aromatic carbocycles. The number of piperidine rings is 1. The molecular weight excluding hydrogens is 221 g/mol. The molecule has 1 heterocycles. The van der Waals surface area contributed by atoms with Crippen LogP contribution in [0.1, 0.15) is 19.3 Å². The van der Waals surface area contributed by atoms with Crippen LogP contribution in [-0.2, 0) is 0 Å². The number of aliphatic hydroxyl groups excluding tert-OH is 1. The summed E-state index contributed by atoms with van der Waals surface area (Å²) in [7, 11) is 0. The second kappa shape index (κ2) is 5.84. The molecule has 0 bridgehead atoms. The second-order valence-corrected chi connectivity index (χ2v) is 4.34. The fourth-order valence-corrected chi connectivity index (χ4v) is 1.93. The normalized spacial score (nSPS) is 22.3. The number of alkyl halides is 3. The van der Waals surface area contributed by atoms with Gasteiger partial charge in [0.25, 0.3) is 0 Å². The van der Waals surface area contributed by atoms with Gasteiger partial charge in [-0.25, -0.2) is 0 Å². The van der Waals surface area contributed by atoms with Crippen LogP contribution in [0.15, 0.2) is 0 Å². The summed E-state index contributed by atoms with van der Waals surface area (Å²) in [5.74, 6) is -1.15. The molecule has 1 aliphatic rings. The van der Waals surface area contributed by atoms with E-state index in [0.717, 1.165) is 0 Å². The Kier molecular flexibility index (Phi) is 5.01. The average Bonchev–Trinajstić information content (AvgIpc) is 2.25. The minimum atomic E-state index is -4.05. The van der Waals surface area contributed by atoms with E-state index in [0.29, 0.717) is 26.1 Å². The number of aliphatic hydroxyl groups is 1. The lowest BCUT2D eigenvalue weighted by Gasteiger charge is -2.33. The van der Waals surface area contributed by atoms with E-state index < -0.39 is 18.2 Å². The van der Waals surface area contributed by atoms with E-state index in [4.69, 9.17) is 5.73 Å². The van der Waals surface area contributed by atoms with E-state index in [2.05, 4.69) is 0 Å². The predicted octanol–water partition coefficient (Wildman–Crippen LogP) is 0.970. The molecule has 1 atom stereocenters. The highest BCUT2D eigenvalue weighted by atomic mass is 19.4. The van der Waals surface area contributed by atoms with Crippen LogP contribution in [0, 0.1) is 5.92 Å². The lowest BCUT2D eigenvalue weighted by Crippen LogP contribution is -2.40. The first-order chi connectivity index (χ1) is 7.43. The summed E-state index contributed by atoms with van der Waals surface area (Å²) in [5.41, 5.74) is 5.25. The van der Waals surface area contributed by atoms with Gasteiger partial charge in [-0.2, -0.15) is 13.2 Å². The fraction of sp³-hybridized carbons (Fsp3) is 1.00. The molecule has 0 aromatic heterocycles. The number of likely N-dealkylation sites (tertiary alicyclic amines) is 1. The van der Waals surface area contributed by atoms with Crippen molar-refractivity contribution in [2.75, 3.05) is 26.2 Å². The van der Waals surface area contributed by atoms with Crippen molar-refractivity contribution in [1.82, 2.24) is 4.90 Å². The number of nitrogens with two attached hydrogens (primary N) is 1. The van der Waals surface area contributed by atoms with Crippen LogP contribution in [0.3, 0.4) is 0 Å². The van der Waals surface area contributed by atoms with Gasteiger partial charge in [0.1, 0.15) is 0 Å². The van der Waals surface area contributed by atoms with Gasteiger partial charge >= 0.3 is 6.18 Å². The topological polar surface area (TPSA) is 49.5 Å². The Bertz CT molecular complexity index is 203. The average molecular weight is 240 g/mol. The number of halogens is 3. The minimum absolute atomic E-state index is 0.169. The zero-order valence-corrected chi connectivity index (χ0v) is 9.21. The highest BCUT2D eigenvalue weighted by Gasteiger charge is 2.40. The summed E-state index contributed by atoms with van der Waals surface area (Å²) >= 11 is 0. The van der Waals surface area contributed by atoms with Gasteiger partial charge in [-0.1, -0.05) is 0 Å². The quantitative estimate of drug-likeness (QED) is 0.770. The smallest absolute Gasteiger partial charge is 0.391 e. The summed E-state index contributed by atoms with van der Waals surface area (Å²) in [4.78, 5) is 1.96. The van der Waals surface area contributed by atoms with Gasteiger partial charge in [-0.15, -0.1) is 0 Å². The first-order valence-corrected chi connectivity index (χ1v) is 5.60. The molecule has 0 aromatic rings. The molecule has 0 aliphatic carbocycles. The van der Waals surface area contributed by atoms with Crippen LogP contribution in [0.2, 0.25) is 0 Å². The van der Waals surface area contributed by atoms with Crippen LogP contribution in [0.4, 0.5) is 13.2 Å². The molecule has 1 unspecified atom stereocenters. The molecule has 0 spiro atoms. The molecular formula is C10H19F3N2O. The van der Waals surface area contributed by atoms with Crippen molar-refractivity contribution in [3.05, 3.63) is 0 Å². The summed E-state index contributed by atoms with van der Waals surface area (Å²) in [6, 6.07) is 0.